The summed E-state index contributed by atoms with van der Waals surface area (Å²) < 4.78 is 100. The number of carbonyl (C=O) groups excluding carboxylic acids is 2. The van der Waals surface area contributed by atoms with E-state index in [0.717, 1.165) is 18.2 Å². The molecule has 2 heterocycles. The first-order valence-electron chi connectivity index (χ1n) is 13.7. The second-order valence-corrected chi connectivity index (χ2v) is 10.8. The largest absolute Gasteiger partial charge is 0.388 e. The molecule has 3 N–H and O–H groups in total. The van der Waals surface area contributed by atoms with Crippen LogP contribution in [0.4, 0.5) is 30.7 Å². The lowest BCUT2D eigenvalue weighted by atomic mass is 9.86. The summed E-state index contributed by atoms with van der Waals surface area (Å²) in [7, 11) is 0. The van der Waals surface area contributed by atoms with Gasteiger partial charge in [-0.15, -0.1) is 0 Å². The first kappa shape index (κ1) is 31.8. The third-order valence-electron chi connectivity index (χ3n) is 7.61. The number of aliphatic hydroxyl groups excluding tert-OH is 1. The lowest BCUT2D eigenvalue weighted by molar-refractivity contribution is -0.120. The van der Waals surface area contributed by atoms with Crippen molar-refractivity contribution < 1.29 is 45.4 Å². The molecule has 14 heteroatoms. The molecule has 1 amide bonds. The van der Waals surface area contributed by atoms with Crippen molar-refractivity contribution in [1.29, 1.82) is 0 Å². The van der Waals surface area contributed by atoms with Gasteiger partial charge in [0.15, 0.2) is 5.78 Å². The number of ketones is 1. The van der Waals surface area contributed by atoms with Gasteiger partial charge in [0.05, 0.1) is 17.4 Å². The molecule has 236 valence electrons. The highest BCUT2D eigenvalue weighted by Gasteiger charge is 2.47. The maximum absolute atomic E-state index is 14.9. The number of hydrogen-bond donors (Lipinski definition) is 2. The molecule has 1 aliphatic carbocycles. The Bertz CT molecular complexity index is 1760. The second-order valence-electron chi connectivity index (χ2n) is 10.8. The van der Waals surface area contributed by atoms with Crippen LogP contribution in [0.15, 0.2) is 54.7 Å². The number of aliphatic hydroxyl groups is 1. The number of primary amides is 1. The summed E-state index contributed by atoms with van der Waals surface area (Å²) in [4.78, 5) is 29.6. The van der Waals surface area contributed by atoms with Crippen LogP contribution in [0.3, 0.4) is 0 Å². The maximum atomic E-state index is 14.9. The number of pyridine rings is 1. The Balaban J connectivity index is 1.55. The van der Waals surface area contributed by atoms with Gasteiger partial charge in [-0.2, -0.15) is 13.9 Å². The molecule has 5 rings (SSSR count). The number of Topliss-reactive ketones (excluding diaryl/α,β-unsaturated/α-hetero) is 1. The molecule has 0 bridgehead atoms. The molecule has 4 aromatic rings. The molecule has 1 unspecified atom stereocenters. The van der Waals surface area contributed by atoms with E-state index in [1.807, 2.05) is 0 Å². The smallest absolute Gasteiger partial charge is 0.289 e. The van der Waals surface area contributed by atoms with Crippen LogP contribution in [0.2, 0.25) is 0 Å². The van der Waals surface area contributed by atoms with E-state index in [4.69, 9.17) is 5.73 Å². The van der Waals surface area contributed by atoms with Crippen LogP contribution < -0.4 is 5.73 Å². The standard InChI is InChI=1S/C31H25F7N4O3/c32-18-9-15(10-19(33)13-18)8-17(26-21(2-1-7-40-26)16-3-4-23(34)22(12-16)30(39)45)11-20(43)14-42-28-25(27(41-42)29(35)36)24(44)5-6-31(28,37)38/h1-4,7,9-10,12-13,17,24,29,44H,5-6,8,11,14H2,(H2,39,45)/t17-,24?/m1/s1. The van der Waals surface area contributed by atoms with Crippen LogP contribution in [0.5, 0.6) is 0 Å². The summed E-state index contributed by atoms with van der Waals surface area (Å²) in [5.41, 5.74) is 2.99. The molecule has 0 aliphatic heterocycles. The van der Waals surface area contributed by atoms with Crippen molar-refractivity contribution >= 4 is 11.7 Å². The Labute approximate surface area is 251 Å². The van der Waals surface area contributed by atoms with E-state index in [1.54, 1.807) is 6.07 Å². The van der Waals surface area contributed by atoms with Gasteiger partial charge in [-0.05, 0) is 54.3 Å². The lowest BCUT2D eigenvalue weighted by Gasteiger charge is -2.27. The summed E-state index contributed by atoms with van der Waals surface area (Å²) in [6.07, 6.45) is -5.57. The number of amides is 1. The monoisotopic (exact) mass is 634 g/mol. The minimum absolute atomic E-state index is 0.116. The SMILES string of the molecule is NC(=O)c1cc(-c2cccnc2[C@@H](CC(=O)Cn2nc(C(F)F)c3c2C(F)(F)CCC3O)Cc2cc(F)cc(F)c2)ccc1F. The molecule has 45 heavy (non-hydrogen) atoms. The minimum Gasteiger partial charge on any atom is -0.388 e. The summed E-state index contributed by atoms with van der Waals surface area (Å²) in [5, 5.41) is 13.8. The van der Waals surface area contributed by atoms with Crippen LogP contribution in [-0.4, -0.2) is 31.6 Å². The Morgan fingerprint density at radius 1 is 1.04 bits per heavy atom. The number of carbonyl (C=O) groups is 2. The molecule has 0 spiro atoms. The van der Waals surface area contributed by atoms with Crippen molar-refractivity contribution in [2.45, 2.75) is 56.6 Å². The first-order chi connectivity index (χ1) is 21.2. The van der Waals surface area contributed by atoms with E-state index in [2.05, 4.69) is 10.1 Å². The average Bonchev–Trinajstić information content (AvgIpc) is 3.36. The fourth-order valence-corrected chi connectivity index (χ4v) is 5.72. The van der Waals surface area contributed by atoms with Gasteiger partial charge in [-0.3, -0.25) is 19.3 Å². The van der Waals surface area contributed by atoms with E-state index < -0.39 is 102 Å². The first-order valence-corrected chi connectivity index (χ1v) is 13.7. The molecular weight excluding hydrogens is 609 g/mol. The van der Waals surface area contributed by atoms with Gasteiger partial charge in [0.25, 0.3) is 18.3 Å². The highest BCUT2D eigenvalue weighted by atomic mass is 19.3. The van der Waals surface area contributed by atoms with Crippen molar-refractivity contribution in [3.8, 4) is 11.1 Å². The molecule has 1 aliphatic rings. The highest BCUT2D eigenvalue weighted by Crippen LogP contribution is 2.47. The minimum atomic E-state index is -3.65. The predicted octanol–water partition coefficient (Wildman–Crippen LogP) is 6.30. The zero-order valence-electron chi connectivity index (χ0n) is 23.3. The van der Waals surface area contributed by atoms with Gasteiger partial charge in [0.2, 0.25) is 0 Å². The molecule has 0 saturated carbocycles. The number of nitrogens with zero attached hydrogens (tertiary/aromatic N) is 3. The van der Waals surface area contributed by atoms with Crippen LogP contribution in [0.1, 0.15) is 76.3 Å². The van der Waals surface area contributed by atoms with Crippen LogP contribution in [-0.2, 0) is 23.7 Å². The number of benzene rings is 2. The number of halogens is 7. The quantitative estimate of drug-likeness (QED) is 0.199. The van der Waals surface area contributed by atoms with E-state index in [0.29, 0.717) is 16.3 Å². The fraction of sp³-hybridized carbons (Fsp3) is 0.290. The Hall–Kier alpha value is -4.59. The van der Waals surface area contributed by atoms with E-state index in [1.165, 1.54) is 24.4 Å². The molecule has 0 saturated heterocycles. The molecule has 0 radical (unpaired) electrons. The molecule has 2 aromatic carbocycles. The number of alkyl halides is 4. The van der Waals surface area contributed by atoms with Gasteiger partial charge in [0.1, 0.15) is 35.4 Å². The molecule has 2 atom stereocenters. The van der Waals surface area contributed by atoms with Crippen LogP contribution in [0.25, 0.3) is 11.1 Å². The zero-order valence-corrected chi connectivity index (χ0v) is 23.3. The number of aromatic nitrogens is 3. The highest BCUT2D eigenvalue weighted by molar-refractivity contribution is 5.94. The van der Waals surface area contributed by atoms with Crippen LogP contribution in [0, 0.1) is 17.5 Å². The number of fused-ring (bicyclic) bond motifs is 1. The maximum Gasteiger partial charge on any atom is 0.289 e. The van der Waals surface area contributed by atoms with Gasteiger partial charge < -0.3 is 10.8 Å². The summed E-state index contributed by atoms with van der Waals surface area (Å²) in [5.74, 6) is -9.13. The predicted molar refractivity (Wildman–Crippen MR) is 146 cm³/mol. The van der Waals surface area contributed by atoms with Crippen molar-refractivity contribution in [2.75, 3.05) is 0 Å². The Morgan fingerprint density at radius 3 is 2.42 bits per heavy atom. The van der Waals surface area contributed by atoms with Gasteiger partial charge >= 0.3 is 0 Å². The van der Waals surface area contributed by atoms with Crippen molar-refractivity contribution in [1.82, 2.24) is 14.8 Å². The van der Waals surface area contributed by atoms with Crippen LogP contribution >= 0.6 is 0 Å². The van der Waals surface area contributed by atoms with E-state index >= 15 is 0 Å². The number of rotatable bonds is 10. The second kappa shape index (κ2) is 12.4. The topological polar surface area (TPSA) is 111 Å². The third kappa shape index (κ3) is 6.60. The van der Waals surface area contributed by atoms with E-state index in [9.17, 15) is 45.4 Å². The molecular formula is C31H25F7N4O3. The van der Waals surface area contributed by atoms with E-state index in [-0.39, 0.29) is 23.2 Å². The normalized spacial score (nSPS) is 16.4. The molecule has 2 aromatic heterocycles. The lowest BCUT2D eigenvalue weighted by Crippen LogP contribution is -2.28. The van der Waals surface area contributed by atoms with Crippen molar-refractivity contribution in [3.63, 3.8) is 0 Å². The van der Waals surface area contributed by atoms with Crippen molar-refractivity contribution in [3.05, 3.63) is 106 Å². The van der Waals surface area contributed by atoms with Gasteiger partial charge in [0, 0.05) is 42.1 Å². The average molecular weight is 635 g/mol. The van der Waals surface area contributed by atoms with Gasteiger partial charge in [-0.1, -0.05) is 12.1 Å². The molecule has 0 fully saturated rings. The summed E-state index contributed by atoms with van der Waals surface area (Å²) in [6.45, 7) is -0.879. The number of nitrogens with two attached hydrogens (primary N) is 1. The van der Waals surface area contributed by atoms with Gasteiger partial charge in [-0.25, -0.2) is 22.0 Å². The van der Waals surface area contributed by atoms with Crippen molar-refractivity contribution in [2.24, 2.45) is 5.73 Å². The Kier molecular flexibility index (Phi) is 8.79. The Morgan fingerprint density at radius 2 is 1.76 bits per heavy atom. The number of hydrogen-bond acceptors (Lipinski definition) is 5. The summed E-state index contributed by atoms with van der Waals surface area (Å²) >= 11 is 0. The fourth-order valence-electron chi connectivity index (χ4n) is 5.72. The zero-order chi connectivity index (χ0) is 32.6. The summed E-state index contributed by atoms with van der Waals surface area (Å²) in [6, 6.07) is 9.29. The molecule has 7 nitrogen and oxygen atoms in total. The third-order valence-corrected chi connectivity index (χ3v) is 7.61.